The van der Waals surface area contributed by atoms with Gasteiger partial charge in [-0.15, -0.1) is 24.0 Å². The average molecular weight is 484 g/mol. The smallest absolute Gasteiger partial charge is 0.193 e. The maximum atomic E-state index is 6.06. The first-order valence-electron chi connectivity index (χ1n) is 8.24. The molecule has 0 bridgehead atoms. The number of H-pyrrole nitrogens is 1. The minimum atomic E-state index is 0. The van der Waals surface area contributed by atoms with Gasteiger partial charge in [0.25, 0.3) is 0 Å². The van der Waals surface area contributed by atoms with E-state index in [0.29, 0.717) is 0 Å². The number of fused-ring (bicyclic) bond motifs is 1. The van der Waals surface area contributed by atoms with Crippen LogP contribution in [-0.4, -0.2) is 41.5 Å². The second-order valence-corrected chi connectivity index (χ2v) is 6.36. The van der Waals surface area contributed by atoms with Crippen LogP contribution in [0.15, 0.2) is 53.8 Å². The van der Waals surface area contributed by atoms with Gasteiger partial charge in [-0.25, -0.2) is 4.98 Å². The van der Waals surface area contributed by atoms with Crippen molar-refractivity contribution in [2.75, 3.05) is 20.6 Å². The number of nitrogens with one attached hydrogen (secondary N) is 2. The van der Waals surface area contributed by atoms with E-state index >= 15 is 0 Å². The fourth-order valence-corrected chi connectivity index (χ4v) is 3.11. The maximum absolute atomic E-state index is 6.06. The molecule has 138 valence electrons. The van der Waals surface area contributed by atoms with Gasteiger partial charge in [0.2, 0.25) is 0 Å². The summed E-state index contributed by atoms with van der Waals surface area (Å²) >= 11 is 6.06. The summed E-state index contributed by atoms with van der Waals surface area (Å²) in [5, 5.41) is 5.34. The van der Waals surface area contributed by atoms with Crippen molar-refractivity contribution >= 4 is 52.6 Å². The average Bonchev–Trinajstić information content (AvgIpc) is 3.02. The van der Waals surface area contributed by atoms with Gasteiger partial charge in [0.1, 0.15) is 5.65 Å². The Kier molecular flexibility index (Phi) is 7.71. The number of nitrogens with zero attached hydrogens (tertiary/aromatic N) is 3. The standard InChI is InChI=1S/C19H22ClN5.HI/c1-21-19(25(2)13-14-5-3-6-16(20)11-14)23-10-8-15-12-24-18-17(15)7-4-9-22-18;/h3-7,9,11-12H,8,10,13H2,1-2H3,(H,21,23)(H,22,24);1H. The highest BCUT2D eigenvalue weighted by Crippen LogP contribution is 2.16. The van der Waals surface area contributed by atoms with Crippen molar-refractivity contribution < 1.29 is 0 Å². The van der Waals surface area contributed by atoms with Crippen molar-refractivity contribution in [3.63, 3.8) is 0 Å². The number of hydrogen-bond donors (Lipinski definition) is 2. The maximum Gasteiger partial charge on any atom is 0.193 e. The molecule has 7 heteroatoms. The normalized spacial score (nSPS) is 11.3. The van der Waals surface area contributed by atoms with E-state index in [1.807, 2.05) is 37.5 Å². The zero-order valence-corrected chi connectivity index (χ0v) is 18.0. The van der Waals surface area contributed by atoms with Crippen molar-refractivity contribution in [2.24, 2.45) is 4.99 Å². The summed E-state index contributed by atoms with van der Waals surface area (Å²) < 4.78 is 0. The molecule has 0 fully saturated rings. The number of halogens is 2. The molecule has 2 aromatic heterocycles. The Morgan fingerprint density at radius 1 is 1.31 bits per heavy atom. The third-order valence-corrected chi connectivity index (χ3v) is 4.33. The molecule has 1 aromatic carbocycles. The predicted molar refractivity (Wildman–Crippen MR) is 119 cm³/mol. The zero-order valence-electron chi connectivity index (χ0n) is 14.9. The van der Waals surface area contributed by atoms with E-state index in [-0.39, 0.29) is 24.0 Å². The lowest BCUT2D eigenvalue weighted by atomic mass is 10.1. The second kappa shape index (κ2) is 9.78. The zero-order chi connectivity index (χ0) is 17.6. The molecule has 0 aliphatic rings. The molecule has 2 N–H and O–H groups in total. The number of rotatable bonds is 5. The van der Waals surface area contributed by atoms with E-state index in [1.54, 1.807) is 13.2 Å². The quantitative estimate of drug-likeness (QED) is 0.327. The summed E-state index contributed by atoms with van der Waals surface area (Å²) in [5.41, 5.74) is 3.34. The molecule has 0 unspecified atom stereocenters. The Morgan fingerprint density at radius 2 is 2.15 bits per heavy atom. The molecule has 0 spiro atoms. The summed E-state index contributed by atoms with van der Waals surface area (Å²) in [6.07, 6.45) is 4.72. The lowest BCUT2D eigenvalue weighted by Gasteiger charge is -2.22. The molecule has 0 aliphatic carbocycles. The summed E-state index contributed by atoms with van der Waals surface area (Å²) in [6, 6.07) is 11.9. The number of hydrogen-bond acceptors (Lipinski definition) is 2. The van der Waals surface area contributed by atoms with Crippen molar-refractivity contribution in [1.29, 1.82) is 0 Å². The van der Waals surface area contributed by atoms with E-state index in [2.05, 4.69) is 37.3 Å². The Labute approximate surface area is 175 Å². The van der Waals surface area contributed by atoms with Crippen molar-refractivity contribution in [2.45, 2.75) is 13.0 Å². The number of aromatic amines is 1. The molecule has 2 heterocycles. The summed E-state index contributed by atoms with van der Waals surface area (Å²) in [4.78, 5) is 14.0. The van der Waals surface area contributed by atoms with Crippen LogP contribution >= 0.6 is 35.6 Å². The van der Waals surface area contributed by atoms with Gasteiger partial charge in [-0.3, -0.25) is 4.99 Å². The first-order valence-corrected chi connectivity index (χ1v) is 8.62. The van der Waals surface area contributed by atoms with Gasteiger partial charge in [0.05, 0.1) is 0 Å². The van der Waals surface area contributed by atoms with E-state index in [0.717, 1.165) is 41.7 Å². The molecule has 3 aromatic rings. The molecule has 0 amide bonds. The van der Waals surface area contributed by atoms with Gasteiger partial charge < -0.3 is 15.2 Å². The van der Waals surface area contributed by atoms with Gasteiger partial charge in [-0.05, 0) is 41.8 Å². The number of aromatic nitrogens is 2. The Hall–Kier alpha value is -1.80. The molecule has 5 nitrogen and oxygen atoms in total. The number of aliphatic imine (C=N–C) groups is 1. The van der Waals surface area contributed by atoms with Gasteiger partial charge in [0, 0.05) is 50.0 Å². The van der Waals surface area contributed by atoms with Crippen molar-refractivity contribution in [3.8, 4) is 0 Å². The van der Waals surface area contributed by atoms with Crippen LogP contribution in [0.4, 0.5) is 0 Å². The van der Waals surface area contributed by atoms with E-state index in [9.17, 15) is 0 Å². The monoisotopic (exact) mass is 483 g/mol. The van der Waals surface area contributed by atoms with Crippen molar-refractivity contribution in [3.05, 3.63) is 64.9 Å². The van der Waals surface area contributed by atoms with E-state index < -0.39 is 0 Å². The SMILES string of the molecule is CN=C(NCCc1c[nH]c2ncccc12)N(C)Cc1cccc(Cl)c1.I. The van der Waals surface area contributed by atoms with Crippen LogP contribution in [0.2, 0.25) is 5.02 Å². The lowest BCUT2D eigenvalue weighted by Crippen LogP contribution is -2.39. The van der Waals surface area contributed by atoms with Crippen LogP contribution in [0.1, 0.15) is 11.1 Å². The minimum Gasteiger partial charge on any atom is -0.356 e. The van der Waals surface area contributed by atoms with Crippen LogP contribution in [0.3, 0.4) is 0 Å². The summed E-state index contributed by atoms with van der Waals surface area (Å²) in [7, 11) is 3.82. The first kappa shape index (κ1) is 20.5. The van der Waals surface area contributed by atoms with Gasteiger partial charge >= 0.3 is 0 Å². The van der Waals surface area contributed by atoms with E-state index in [4.69, 9.17) is 11.6 Å². The third kappa shape index (κ3) is 5.11. The Morgan fingerprint density at radius 3 is 2.92 bits per heavy atom. The second-order valence-electron chi connectivity index (χ2n) is 5.92. The number of benzene rings is 1. The molecule has 0 atom stereocenters. The molecule has 0 saturated heterocycles. The Balaban J connectivity index is 0.00000243. The fraction of sp³-hybridized carbons (Fsp3) is 0.263. The van der Waals surface area contributed by atoms with Crippen LogP contribution < -0.4 is 5.32 Å². The topological polar surface area (TPSA) is 56.3 Å². The van der Waals surface area contributed by atoms with Crippen LogP contribution in [0, 0.1) is 0 Å². The van der Waals surface area contributed by atoms with E-state index in [1.165, 1.54) is 10.9 Å². The lowest BCUT2D eigenvalue weighted by molar-refractivity contribution is 0.477. The fourth-order valence-electron chi connectivity index (χ4n) is 2.90. The molecule has 0 saturated carbocycles. The molecule has 26 heavy (non-hydrogen) atoms. The molecule has 0 aliphatic heterocycles. The summed E-state index contributed by atoms with van der Waals surface area (Å²) in [5.74, 6) is 0.859. The highest BCUT2D eigenvalue weighted by Gasteiger charge is 2.08. The highest BCUT2D eigenvalue weighted by molar-refractivity contribution is 14.0. The third-order valence-electron chi connectivity index (χ3n) is 4.10. The van der Waals surface area contributed by atoms with Crippen LogP contribution in [-0.2, 0) is 13.0 Å². The molecule has 3 rings (SSSR count). The van der Waals surface area contributed by atoms with Crippen molar-refractivity contribution in [1.82, 2.24) is 20.2 Å². The Bertz CT molecular complexity index is 877. The predicted octanol–water partition coefficient (Wildman–Crippen LogP) is 4.08. The van der Waals surface area contributed by atoms with Gasteiger partial charge in [-0.1, -0.05) is 23.7 Å². The minimum absolute atomic E-state index is 0. The number of guanidine groups is 1. The van der Waals surface area contributed by atoms with Gasteiger partial charge in [-0.2, -0.15) is 0 Å². The molecular weight excluding hydrogens is 461 g/mol. The van der Waals surface area contributed by atoms with Crippen LogP contribution in [0.25, 0.3) is 11.0 Å². The first-order chi connectivity index (χ1) is 12.2. The molecular formula is C19H23ClIN5. The number of pyridine rings is 1. The van der Waals surface area contributed by atoms with Gasteiger partial charge in [0.15, 0.2) is 5.96 Å². The highest BCUT2D eigenvalue weighted by atomic mass is 127. The molecule has 0 radical (unpaired) electrons. The van der Waals surface area contributed by atoms with Crippen LogP contribution in [0.5, 0.6) is 0 Å². The largest absolute Gasteiger partial charge is 0.356 e. The summed E-state index contributed by atoms with van der Waals surface area (Å²) in [6.45, 7) is 1.55.